The van der Waals surface area contributed by atoms with Crippen LogP contribution in [0.25, 0.3) is 0 Å². The number of rotatable bonds is 6. The van der Waals surface area contributed by atoms with Gasteiger partial charge in [0.1, 0.15) is 12.2 Å². The summed E-state index contributed by atoms with van der Waals surface area (Å²) in [7, 11) is 1.88. The van der Waals surface area contributed by atoms with Gasteiger partial charge in [0.15, 0.2) is 5.96 Å². The van der Waals surface area contributed by atoms with Crippen LogP contribution in [0.1, 0.15) is 64.6 Å². The van der Waals surface area contributed by atoms with Crippen molar-refractivity contribution in [2.24, 2.45) is 10.4 Å². The lowest BCUT2D eigenvalue weighted by Crippen LogP contribution is -2.64. The topological polar surface area (TPSA) is 78.4 Å². The molecule has 26 heavy (non-hydrogen) atoms. The van der Waals surface area contributed by atoms with Crippen LogP contribution in [-0.2, 0) is 4.74 Å². The Morgan fingerprint density at radius 3 is 2.77 bits per heavy atom. The number of ether oxygens (including phenoxy) is 1. The quantitative estimate of drug-likeness (QED) is 0.462. The maximum atomic E-state index is 6.07. The maximum Gasteiger partial charge on any atom is 0.193 e. The van der Waals surface area contributed by atoms with Crippen molar-refractivity contribution in [2.75, 3.05) is 26.7 Å². The minimum absolute atomic E-state index is 0.141. The summed E-state index contributed by atoms with van der Waals surface area (Å²) in [6, 6.07) is 0.417. The highest BCUT2D eigenvalue weighted by molar-refractivity contribution is 5.80. The van der Waals surface area contributed by atoms with Gasteiger partial charge in [-0.05, 0) is 25.7 Å². The van der Waals surface area contributed by atoms with Crippen molar-refractivity contribution in [3.63, 3.8) is 0 Å². The summed E-state index contributed by atoms with van der Waals surface area (Å²) in [5, 5.41) is 10.7. The molecule has 0 amide bonds. The third-order valence-corrected chi connectivity index (χ3v) is 6.12. The number of unbranched alkanes of at least 4 members (excludes halogenated alkanes) is 1. The number of aromatic nitrogens is 3. The molecule has 2 heterocycles. The van der Waals surface area contributed by atoms with Gasteiger partial charge in [-0.1, -0.05) is 27.2 Å². The Bertz CT molecular complexity index is 577. The Balaban J connectivity index is 1.48. The first-order valence-corrected chi connectivity index (χ1v) is 10.0. The van der Waals surface area contributed by atoms with Crippen LogP contribution < -0.4 is 5.32 Å². The molecule has 3 rings (SSSR count). The average Bonchev–Trinajstić information content (AvgIpc) is 3.18. The zero-order valence-corrected chi connectivity index (χ0v) is 16.7. The molecule has 1 saturated heterocycles. The fraction of sp³-hybridized carbons (Fsp3) is 0.842. The van der Waals surface area contributed by atoms with E-state index < -0.39 is 0 Å². The molecular weight excluding hydrogens is 328 g/mol. The summed E-state index contributed by atoms with van der Waals surface area (Å²) in [6.07, 6.45) is 7.49. The molecule has 1 aliphatic carbocycles. The molecule has 0 radical (unpaired) electrons. The lowest BCUT2D eigenvalue weighted by molar-refractivity contribution is -0.114. The second-order valence-electron chi connectivity index (χ2n) is 8.15. The Morgan fingerprint density at radius 2 is 2.19 bits per heavy atom. The Hall–Kier alpha value is -1.63. The molecular formula is C19H34N6O. The van der Waals surface area contributed by atoms with Crippen molar-refractivity contribution in [1.82, 2.24) is 25.4 Å². The monoisotopic (exact) mass is 362 g/mol. The molecule has 1 aromatic rings. The molecule has 2 aliphatic rings. The van der Waals surface area contributed by atoms with Gasteiger partial charge in [-0.3, -0.25) is 10.1 Å². The smallest absolute Gasteiger partial charge is 0.193 e. The number of hydrogen-bond acceptors (Lipinski definition) is 4. The molecule has 2 fully saturated rings. The lowest BCUT2D eigenvalue weighted by Gasteiger charge is -2.52. The van der Waals surface area contributed by atoms with E-state index >= 15 is 0 Å². The third-order valence-electron chi connectivity index (χ3n) is 6.12. The number of nitrogens with one attached hydrogen (secondary N) is 2. The van der Waals surface area contributed by atoms with Crippen molar-refractivity contribution in [2.45, 2.75) is 70.9 Å². The van der Waals surface area contributed by atoms with Crippen LogP contribution in [0.15, 0.2) is 11.3 Å². The van der Waals surface area contributed by atoms with E-state index in [2.05, 4.69) is 51.2 Å². The second-order valence-corrected chi connectivity index (χ2v) is 8.15. The van der Waals surface area contributed by atoms with Crippen molar-refractivity contribution in [3.8, 4) is 0 Å². The summed E-state index contributed by atoms with van der Waals surface area (Å²) < 4.78 is 6.07. The molecule has 1 saturated carbocycles. The van der Waals surface area contributed by atoms with Crippen LogP contribution in [0.2, 0.25) is 0 Å². The van der Waals surface area contributed by atoms with E-state index in [1.54, 1.807) is 6.33 Å². The molecule has 0 aromatic carbocycles. The van der Waals surface area contributed by atoms with E-state index in [0.29, 0.717) is 18.1 Å². The minimum Gasteiger partial charge on any atom is -0.378 e. The summed E-state index contributed by atoms with van der Waals surface area (Å²) in [5.74, 6) is 2.51. The predicted molar refractivity (Wildman–Crippen MR) is 103 cm³/mol. The predicted octanol–water partition coefficient (Wildman–Crippen LogP) is 2.54. The van der Waals surface area contributed by atoms with Gasteiger partial charge in [-0.25, -0.2) is 4.98 Å². The summed E-state index contributed by atoms with van der Waals surface area (Å²) in [4.78, 5) is 11.2. The largest absolute Gasteiger partial charge is 0.378 e. The maximum absolute atomic E-state index is 6.07. The number of guanidine groups is 1. The van der Waals surface area contributed by atoms with E-state index in [9.17, 15) is 0 Å². The van der Waals surface area contributed by atoms with Crippen LogP contribution in [-0.4, -0.2) is 64.9 Å². The number of hydrogen-bond donors (Lipinski definition) is 2. The Labute approximate surface area is 157 Å². The number of piperidine rings is 1. The molecule has 0 spiro atoms. The van der Waals surface area contributed by atoms with Crippen LogP contribution in [0.4, 0.5) is 0 Å². The molecule has 0 bridgehead atoms. The van der Waals surface area contributed by atoms with Gasteiger partial charge in [0, 0.05) is 44.1 Å². The Kier molecular flexibility index (Phi) is 6.16. The van der Waals surface area contributed by atoms with E-state index in [-0.39, 0.29) is 5.41 Å². The number of likely N-dealkylation sites (tertiary alicyclic amines) is 1. The second kappa shape index (κ2) is 8.37. The summed E-state index contributed by atoms with van der Waals surface area (Å²) in [6.45, 7) is 9.67. The third kappa shape index (κ3) is 4.03. The first-order valence-electron chi connectivity index (χ1n) is 10.0. The van der Waals surface area contributed by atoms with Crippen LogP contribution in [0.3, 0.4) is 0 Å². The summed E-state index contributed by atoms with van der Waals surface area (Å²) in [5.41, 5.74) is 0.141. The van der Waals surface area contributed by atoms with Crippen molar-refractivity contribution < 1.29 is 4.74 Å². The standard InChI is InChI=1S/C19H34N6O/c1-5-6-11-26-16-12-15(19(16,2)3)23-18(20-4)25-9-7-14(8-10-25)17-21-13-22-24-17/h13-16H,5-12H2,1-4H3,(H,20,23)(H,21,22,24). The minimum atomic E-state index is 0.141. The lowest BCUT2D eigenvalue weighted by atomic mass is 9.64. The number of nitrogens with zero attached hydrogens (tertiary/aromatic N) is 4. The SMILES string of the molecule is CCCCOC1CC(NC(=NC)N2CCC(c3ncn[nH]3)CC2)C1(C)C. The fourth-order valence-electron chi connectivity index (χ4n) is 4.01. The first-order chi connectivity index (χ1) is 12.6. The Morgan fingerprint density at radius 1 is 1.42 bits per heavy atom. The molecule has 146 valence electrons. The van der Waals surface area contributed by atoms with Gasteiger partial charge in [0.2, 0.25) is 0 Å². The molecule has 1 aromatic heterocycles. The first kappa shape index (κ1) is 19.1. The fourth-order valence-corrected chi connectivity index (χ4v) is 4.01. The van der Waals surface area contributed by atoms with Gasteiger partial charge in [-0.15, -0.1) is 0 Å². The van der Waals surface area contributed by atoms with Gasteiger partial charge in [0.05, 0.1) is 6.10 Å². The molecule has 7 heteroatoms. The normalized spacial score (nSPS) is 26.6. The zero-order valence-electron chi connectivity index (χ0n) is 16.7. The average molecular weight is 363 g/mol. The molecule has 2 atom stereocenters. The van der Waals surface area contributed by atoms with Crippen LogP contribution in [0, 0.1) is 5.41 Å². The summed E-state index contributed by atoms with van der Waals surface area (Å²) >= 11 is 0. The molecule has 2 N–H and O–H groups in total. The van der Waals surface area contributed by atoms with Crippen molar-refractivity contribution in [1.29, 1.82) is 0 Å². The van der Waals surface area contributed by atoms with Gasteiger partial charge in [-0.2, -0.15) is 5.10 Å². The van der Waals surface area contributed by atoms with Crippen LogP contribution >= 0.6 is 0 Å². The number of aliphatic imine (C=N–C) groups is 1. The van der Waals surface area contributed by atoms with Crippen molar-refractivity contribution in [3.05, 3.63) is 12.2 Å². The number of H-pyrrole nitrogens is 1. The highest BCUT2D eigenvalue weighted by atomic mass is 16.5. The van der Waals surface area contributed by atoms with Gasteiger partial charge >= 0.3 is 0 Å². The van der Waals surface area contributed by atoms with Gasteiger partial charge < -0.3 is 15.0 Å². The van der Waals surface area contributed by atoms with E-state index in [1.807, 2.05) is 7.05 Å². The number of aromatic amines is 1. The highest BCUT2D eigenvalue weighted by Crippen LogP contribution is 2.43. The van der Waals surface area contributed by atoms with Crippen LogP contribution in [0.5, 0.6) is 0 Å². The van der Waals surface area contributed by atoms with E-state index in [1.165, 1.54) is 6.42 Å². The van der Waals surface area contributed by atoms with E-state index in [4.69, 9.17) is 4.74 Å². The van der Waals surface area contributed by atoms with Crippen molar-refractivity contribution >= 4 is 5.96 Å². The molecule has 1 aliphatic heterocycles. The zero-order chi connectivity index (χ0) is 18.6. The molecule has 2 unspecified atom stereocenters. The molecule has 7 nitrogen and oxygen atoms in total. The highest BCUT2D eigenvalue weighted by Gasteiger charge is 2.49. The van der Waals surface area contributed by atoms with Gasteiger partial charge in [0.25, 0.3) is 0 Å². The van der Waals surface area contributed by atoms with E-state index in [0.717, 1.165) is 57.2 Å².